The third kappa shape index (κ3) is 4.06. The van der Waals surface area contributed by atoms with Crippen molar-refractivity contribution in [1.29, 1.82) is 0 Å². The number of hydrogen-bond acceptors (Lipinski definition) is 2. The van der Waals surface area contributed by atoms with Crippen LogP contribution in [0.1, 0.15) is 55.5 Å². The van der Waals surface area contributed by atoms with Crippen molar-refractivity contribution in [2.45, 2.75) is 52.0 Å². The first kappa shape index (κ1) is 15.5. The molecule has 1 aliphatic carbocycles. The quantitative estimate of drug-likeness (QED) is 0.895. The van der Waals surface area contributed by atoms with Gasteiger partial charge in [-0.15, -0.1) is 0 Å². The summed E-state index contributed by atoms with van der Waals surface area (Å²) in [7, 11) is 0. The van der Waals surface area contributed by atoms with Crippen molar-refractivity contribution in [3.63, 3.8) is 0 Å². The zero-order valence-electron chi connectivity index (χ0n) is 12.7. The van der Waals surface area contributed by atoms with Crippen LogP contribution >= 0.6 is 0 Å². The molecule has 21 heavy (non-hydrogen) atoms. The predicted molar refractivity (Wildman–Crippen MR) is 81.3 cm³/mol. The molecule has 1 aromatic carbocycles. The Balaban J connectivity index is 1.98. The number of carboxylic acids is 1. The van der Waals surface area contributed by atoms with Gasteiger partial charge in [0.2, 0.25) is 5.91 Å². The Morgan fingerprint density at radius 3 is 2.76 bits per heavy atom. The van der Waals surface area contributed by atoms with Crippen LogP contribution in [-0.2, 0) is 11.2 Å². The highest BCUT2D eigenvalue weighted by atomic mass is 16.4. The standard InChI is InChI=1S/C17H23NO3/c1-17(2)9-4-3-8-14(17)18-15(19)11-12-6-5-7-13(10-12)16(20)21/h5-7,10,14H,3-4,8-9,11H2,1-2H3,(H,18,19)(H,20,21). The minimum absolute atomic E-state index is 0.0301. The number of nitrogens with one attached hydrogen (secondary N) is 1. The second-order valence-electron chi connectivity index (χ2n) is 6.54. The van der Waals surface area contributed by atoms with Gasteiger partial charge in [-0.3, -0.25) is 4.79 Å². The van der Waals surface area contributed by atoms with Gasteiger partial charge in [-0.1, -0.05) is 38.8 Å². The Bertz CT molecular complexity index is 537. The molecule has 2 rings (SSSR count). The van der Waals surface area contributed by atoms with Crippen LogP contribution in [0.2, 0.25) is 0 Å². The second kappa shape index (κ2) is 6.29. The summed E-state index contributed by atoms with van der Waals surface area (Å²) in [5.41, 5.74) is 1.09. The van der Waals surface area contributed by atoms with Crippen molar-refractivity contribution in [1.82, 2.24) is 5.32 Å². The Labute approximate surface area is 125 Å². The van der Waals surface area contributed by atoms with Crippen LogP contribution in [-0.4, -0.2) is 23.0 Å². The van der Waals surface area contributed by atoms with E-state index < -0.39 is 5.97 Å². The minimum atomic E-state index is -0.967. The number of benzene rings is 1. The Kier molecular flexibility index (Phi) is 4.66. The largest absolute Gasteiger partial charge is 0.478 e. The molecule has 1 saturated carbocycles. The Hall–Kier alpha value is -1.84. The molecule has 0 saturated heterocycles. The minimum Gasteiger partial charge on any atom is -0.478 e. The van der Waals surface area contributed by atoms with Crippen molar-refractivity contribution in [2.24, 2.45) is 5.41 Å². The fourth-order valence-corrected chi connectivity index (χ4v) is 3.01. The van der Waals surface area contributed by atoms with Crippen molar-refractivity contribution in [3.8, 4) is 0 Å². The van der Waals surface area contributed by atoms with Crippen molar-refractivity contribution >= 4 is 11.9 Å². The molecule has 1 aromatic rings. The highest BCUT2D eigenvalue weighted by Crippen LogP contribution is 2.35. The van der Waals surface area contributed by atoms with E-state index in [0.717, 1.165) is 24.8 Å². The first-order valence-corrected chi connectivity index (χ1v) is 7.50. The van der Waals surface area contributed by atoms with E-state index in [4.69, 9.17) is 5.11 Å². The van der Waals surface area contributed by atoms with Gasteiger partial charge in [0.15, 0.2) is 0 Å². The molecule has 2 N–H and O–H groups in total. The van der Waals surface area contributed by atoms with Gasteiger partial charge in [-0.05, 0) is 36.0 Å². The molecule has 4 nitrogen and oxygen atoms in total. The van der Waals surface area contributed by atoms with E-state index in [1.165, 1.54) is 12.5 Å². The zero-order chi connectivity index (χ0) is 15.5. The molecular formula is C17H23NO3. The van der Waals surface area contributed by atoms with Gasteiger partial charge in [0, 0.05) is 6.04 Å². The van der Waals surface area contributed by atoms with Crippen LogP contribution in [0.3, 0.4) is 0 Å². The van der Waals surface area contributed by atoms with E-state index in [1.807, 2.05) is 0 Å². The van der Waals surface area contributed by atoms with Crippen LogP contribution < -0.4 is 5.32 Å². The van der Waals surface area contributed by atoms with Gasteiger partial charge in [0.25, 0.3) is 0 Å². The molecule has 114 valence electrons. The molecule has 0 bridgehead atoms. The maximum Gasteiger partial charge on any atom is 0.335 e. The van der Waals surface area contributed by atoms with Crippen LogP contribution in [0, 0.1) is 5.41 Å². The molecule has 1 unspecified atom stereocenters. The molecular weight excluding hydrogens is 266 g/mol. The fourth-order valence-electron chi connectivity index (χ4n) is 3.01. The molecule has 0 radical (unpaired) electrons. The molecule has 1 fully saturated rings. The van der Waals surface area contributed by atoms with E-state index >= 15 is 0 Å². The lowest BCUT2D eigenvalue weighted by atomic mass is 9.73. The van der Waals surface area contributed by atoms with E-state index in [1.54, 1.807) is 18.2 Å². The normalized spacial score (nSPS) is 20.8. The smallest absolute Gasteiger partial charge is 0.335 e. The number of rotatable bonds is 4. The molecule has 1 aliphatic rings. The Morgan fingerprint density at radius 2 is 2.10 bits per heavy atom. The summed E-state index contributed by atoms with van der Waals surface area (Å²) in [6.07, 6.45) is 4.76. The average molecular weight is 289 g/mol. The summed E-state index contributed by atoms with van der Waals surface area (Å²) in [4.78, 5) is 23.1. The number of carboxylic acid groups (broad SMARTS) is 1. The molecule has 0 aromatic heterocycles. The van der Waals surface area contributed by atoms with Crippen LogP contribution in [0.15, 0.2) is 24.3 Å². The first-order chi connectivity index (χ1) is 9.88. The average Bonchev–Trinajstić information content (AvgIpc) is 2.41. The number of hydrogen-bond donors (Lipinski definition) is 2. The molecule has 1 atom stereocenters. The van der Waals surface area contributed by atoms with E-state index in [-0.39, 0.29) is 29.3 Å². The van der Waals surface area contributed by atoms with E-state index in [2.05, 4.69) is 19.2 Å². The third-order valence-electron chi connectivity index (χ3n) is 4.38. The fraction of sp³-hybridized carbons (Fsp3) is 0.529. The highest BCUT2D eigenvalue weighted by Gasteiger charge is 2.32. The molecule has 0 aliphatic heterocycles. The van der Waals surface area contributed by atoms with Gasteiger partial charge >= 0.3 is 5.97 Å². The monoisotopic (exact) mass is 289 g/mol. The second-order valence-corrected chi connectivity index (χ2v) is 6.54. The summed E-state index contributed by atoms with van der Waals surface area (Å²) < 4.78 is 0. The summed E-state index contributed by atoms with van der Waals surface area (Å²) >= 11 is 0. The predicted octanol–water partition coefficient (Wildman–Crippen LogP) is 3.01. The number of carbonyl (C=O) groups is 2. The maximum absolute atomic E-state index is 12.2. The topological polar surface area (TPSA) is 66.4 Å². The van der Waals surface area contributed by atoms with Gasteiger partial charge in [0.05, 0.1) is 12.0 Å². The Morgan fingerprint density at radius 1 is 1.33 bits per heavy atom. The van der Waals surface area contributed by atoms with Crippen molar-refractivity contribution < 1.29 is 14.7 Å². The maximum atomic E-state index is 12.2. The van der Waals surface area contributed by atoms with Crippen molar-refractivity contribution in [3.05, 3.63) is 35.4 Å². The molecule has 1 amide bonds. The SMILES string of the molecule is CC1(C)CCCCC1NC(=O)Cc1cccc(C(=O)O)c1. The summed E-state index contributed by atoms with van der Waals surface area (Å²) in [5, 5.41) is 12.1. The summed E-state index contributed by atoms with van der Waals surface area (Å²) in [5.74, 6) is -0.997. The highest BCUT2D eigenvalue weighted by molar-refractivity contribution is 5.88. The third-order valence-corrected chi connectivity index (χ3v) is 4.38. The lowest BCUT2D eigenvalue weighted by molar-refractivity contribution is -0.122. The molecule has 4 heteroatoms. The lowest BCUT2D eigenvalue weighted by Gasteiger charge is -2.39. The number of aromatic carboxylic acids is 1. The van der Waals surface area contributed by atoms with Crippen molar-refractivity contribution in [2.75, 3.05) is 0 Å². The lowest BCUT2D eigenvalue weighted by Crippen LogP contribution is -2.47. The van der Waals surface area contributed by atoms with Crippen LogP contribution in [0.5, 0.6) is 0 Å². The first-order valence-electron chi connectivity index (χ1n) is 7.50. The molecule has 0 spiro atoms. The van der Waals surface area contributed by atoms with Gasteiger partial charge in [0.1, 0.15) is 0 Å². The van der Waals surface area contributed by atoms with E-state index in [0.29, 0.717) is 0 Å². The van der Waals surface area contributed by atoms with E-state index in [9.17, 15) is 9.59 Å². The zero-order valence-corrected chi connectivity index (χ0v) is 12.7. The van der Waals surface area contributed by atoms with Gasteiger partial charge in [-0.2, -0.15) is 0 Å². The number of amides is 1. The summed E-state index contributed by atoms with van der Waals surface area (Å²) in [6, 6.07) is 6.78. The van der Waals surface area contributed by atoms with Crippen LogP contribution in [0.4, 0.5) is 0 Å². The summed E-state index contributed by atoms with van der Waals surface area (Å²) in [6.45, 7) is 4.39. The molecule has 0 heterocycles. The van der Waals surface area contributed by atoms with Crippen LogP contribution in [0.25, 0.3) is 0 Å². The van der Waals surface area contributed by atoms with Gasteiger partial charge in [-0.25, -0.2) is 4.79 Å². The van der Waals surface area contributed by atoms with Gasteiger partial charge < -0.3 is 10.4 Å². The number of carbonyl (C=O) groups excluding carboxylic acids is 1.